The van der Waals surface area contributed by atoms with Crippen LogP contribution in [0.4, 0.5) is 34.1 Å². The summed E-state index contributed by atoms with van der Waals surface area (Å²) in [6.45, 7) is 0. The van der Waals surface area contributed by atoms with E-state index in [1.807, 2.05) is 0 Å². The number of para-hydroxylation sites is 2. The Morgan fingerprint density at radius 2 is 0.351 bits per heavy atom. The molecule has 0 N–H and O–H groups in total. The minimum atomic E-state index is 1.08. The van der Waals surface area contributed by atoms with Crippen LogP contribution < -0.4 is 9.80 Å². The van der Waals surface area contributed by atoms with Gasteiger partial charge in [-0.2, -0.15) is 0 Å². The molecule has 0 aliphatic heterocycles. The fourth-order valence-corrected chi connectivity index (χ4v) is 13.8. The van der Waals surface area contributed by atoms with Crippen molar-refractivity contribution in [3.05, 3.63) is 376 Å². The van der Waals surface area contributed by atoms with E-state index in [9.17, 15) is 0 Å². The number of fused-ring (bicyclic) bond motifs is 6. The number of aromatic nitrogens is 2. The van der Waals surface area contributed by atoms with Crippen LogP contribution in [-0.4, -0.2) is 9.13 Å². The zero-order chi connectivity index (χ0) is 62.3. The Bertz CT molecular complexity index is 4990. The maximum Gasteiger partial charge on any atom is 0.0562 e. The Morgan fingerprint density at radius 1 is 0.149 bits per heavy atom. The van der Waals surface area contributed by atoms with Crippen molar-refractivity contribution >= 4 is 77.7 Å². The Hall–Kier alpha value is -12.5. The molecular weight excluding hydrogens is 1140 g/mol. The van der Waals surface area contributed by atoms with Gasteiger partial charge in [0, 0.05) is 67.0 Å². The molecule has 2 aromatic heterocycles. The number of rotatable bonds is 14. The lowest BCUT2D eigenvalue weighted by Gasteiger charge is -2.26. The van der Waals surface area contributed by atoms with Crippen LogP contribution >= 0.6 is 0 Å². The van der Waals surface area contributed by atoms with Gasteiger partial charge in [0.05, 0.1) is 22.1 Å². The topological polar surface area (TPSA) is 16.3 Å². The summed E-state index contributed by atoms with van der Waals surface area (Å²) in [7, 11) is 0. The summed E-state index contributed by atoms with van der Waals surface area (Å²) in [6, 6.07) is 137. The molecule has 0 amide bonds. The van der Waals surface area contributed by atoms with E-state index in [4.69, 9.17) is 0 Å². The molecular formula is C90H62N4. The molecule has 442 valence electrons. The number of benzene rings is 15. The van der Waals surface area contributed by atoms with Crippen molar-refractivity contribution in [2.75, 3.05) is 9.80 Å². The van der Waals surface area contributed by atoms with Gasteiger partial charge < -0.3 is 18.9 Å². The van der Waals surface area contributed by atoms with Gasteiger partial charge in [0.25, 0.3) is 0 Å². The summed E-state index contributed by atoms with van der Waals surface area (Å²) >= 11 is 0. The van der Waals surface area contributed by atoms with E-state index in [0.29, 0.717) is 0 Å². The summed E-state index contributed by atoms with van der Waals surface area (Å²) in [4.78, 5) is 4.71. The van der Waals surface area contributed by atoms with Gasteiger partial charge in [0.2, 0.25) is 0 Å². The highest BCUT2D eigenvalue weighted by atomic mass is 15.1. The molecule has 4 nitrogen and oxygen atoms in total. The monoisotopic (exact) mass is 1200 g/mol. The average molecular weight is 1200 g/mol. The van der Waals surface area contributed by atoms with Crippen molar-refractivity contribution in [3.8, 4) is 78.1 Å². The fraction of sp³-hybridized carbons (Fsp3) is 0. The van der Waals surface area contributed by atoms with Crippen LogP contribution in [-0.2, 0) is 0 Å². The van der Waals surface area contributed by atoms with Crippen LogP contribution in [0.25, 0.3) is 122 Å². The van der Waals surface area contributed by atoms with Gasteiger partial charge in [0.15, 0.2) is 0 Å². The van der Waals surface area contributed by atoms with E-state index in [-0.39, 0.29) is 0 Å². The standard InChI is InChI=1S/C90H62N4/c1-7-19-63(20-8-1)67-31-45-77(46-32-67)91(78-47-33-68(34-48-78)64-21-9-2-10-22-64)81-53-39-71(40-54-81)73-43-57-87-83(59-73)85-61-86-84-60-74(44-58-88(84)94(76-29-17-6-18-30-76)90(86)62-89(85)93(87)75-27-15-5-16-28-75)72-41-55-82(56-42-72)92(79-49-35-69(36-50-79)65-23-11-3-12-24-65)80-51-37-70(38-52-80)66-25-13-4-14-26-66/h1-62H. The molecule has 17 rings (SSSR count). The quantitative estimate of drug-likeness (QED) is 0.108. The van der Waals surface area contributed by atoms with Gasteiger partial charge in [-0.3, -0.25) is 0 Å². The summed E-state index contributed by atoms with van der Waals surface area (Å²) in [5, 5.41) is 4.79. The molecule has 0 atom stereocenters. The van der Waals surface area contributed by atoms with Gasteiger partial charge in [-0.15, -0.1) is 0 Å². The van der Waals surface area contributed by atoms with Crippen molar-refractivity contribution < 1.29 is 0 Å². The van der Waals surface area contributed by atoms with Crippen LogP contribution in [0.1, 0.15) is 0 Å². The second-order valence-corrected chi connectivity index (χ2v) is 24.1. The van der Waals surface area contributed by atoms with Crippen molar-refractivity contribution in [2.24, 2.45) is 0 Å². The van der Waals surface area contributed by atoms with E-state index < -0.39 is 0 Å². The average Bonchev–Trinajstić information content (AvgIpc) is 1.55. The second kappa shape index (κ2) is 24.0. The normalized spacial score (nSPS) is 11.4. The Balaban J connectivity index is 0.764. The van der Waals surface area contributed by atoms with Crippen LogP contribution in [0.5, 0.6) is 0 Å². The first-order valence-electron chi connectivity index (χ1n) is 32.2. The molecule has 94 heavy (non-hydrogen) atoms. The highest BCUT2D eigenvalue weighted by Gasteiger charge is 2.22. The summed E-state index contributed by atoms with van der Waals surface area (Å²) in [6.07, 6.45) is 0. The minimum Gasteiger partial charge on any atom is -0.311 e. The van der Waals surface area contributed by atoms with E-state index in [2.05, 4.69) is 395 Å². The van der Waals surface area contributed by atoms with E-state index in [0.717, 1.165) is 89.8 Å². The van der Waals surface area contributed by atoms with Gasteiger partial charge in [0.1, 0.15) is 0 Å². The number of nitrogens with zero attached hydrogens (tertiary/aromatic N) is 4. The Labute approximate surface area is 547 Å². The number of anilines is 6. The van der Waals surface area contributed by atoms with E-state index >= 15 is 0 Å². The third-order valence-electron chi connectivity index (χ3n) is 18.5. The molecule has 0 saturated carbocycles. The highest BCUT2D eigenvalue weighted by molar-refractivity contribution is 6.20. The predicted molar refractivity (Wildman–Crippen MR) is 397 cm³/mol. The smallest absolute Gasteiger partial charge is 0.0562 e. The lowest BCUT2D eigenvalue weighted by atomic mass is 10.00. The lowest BCUT2D eigenvalue weighted by molar-refractivity contribution is 1.16. The maximum absolute atomic E-state index is 2.46. The molecule has 0 aliphatic carbocycles. The van der Waals surface area contributed by atoms with Gasteiger partial charge in [-0.1, -0.05) is 243 Å². The molecule has 2 heterocycles. The first-order chi connectivity index (χ1) is 46.6. The summed E-state index contributed by atoms with van der Waals surface area (Å²) in [5.41, 5.74) is 27.5. The predicted octanol–water partition coefficient (Wildman–Crippen LogP) is 24.8. The second-order valence-electron chi connectivity index (χ2n) is 24.1. The van der Waals surface area contributed by atoms with E-state index in [1.165, 1.54) is 66.1 Å². The SMILES string of the molecule is c1ccc(-c2ccc(N(c3ccc(-c4ccccc4)cc3)c3ccc(-c4ccc5c(c4)c4cc6c7cc(-c8ccc(N(c9ccc(-c%10ccccc%10)cc9)c9ccc(-c%10ccccc%10)cc9)cc8)ccc7n(-c7ccccc7)c6cc4n5-c4ccccc4)cc3)cc2)cc1. The molecule has 0 bridgehead atoms. The molecule has 0 saturated heterocycles. The first-order valence-corrected chi connectivity index (χ1v) is 32.2. The zero-order valence-electron chi connectivity index (χ0n) is 51.6. The van der Waals surface area contributed by atoms with Crippen molar-refractivity contribution in [2.45, 2.75) is 0 Å². The van der Waals surface area contributed by atoms with Gasteiger partial charge in [-0.25, -0.2) is 0 Å². The zero-order valence-corrected chi connectivity index (χ0v) is 51.6. The third kappa shape index (κ3) is 10.4. The van der Waals surface area contributed by atoms with Crippen LogP contribution in [0.15, 0.2) is 376 Å². The summed E-state index contributed by atoms with van der Waals surface area (Å²) < 4.78 is 4.89. The van der Waals surface area contributed by atoms with Gasteiger partial charge >= 0.3 is 0 Å². The van der Waals surface area contributed by atoms with Crippen molar-refractivity contribution in [1.29, 1.82) is 0 Å². The number of hydrogen-bond acceptors (Lipinski definition) is 2. The van der Waals surface area contributed by atoms with Gasteiger partial charge in [-0.05, 0) is 200 Å². The Kier molecular flexibility index (Phi) is 14.2. The molecule has 4 heteroatoms. The third-order valence-corrected chi connectivity index (χ3v) is 18.5. The molecule has 0 aliphatic rings. The molecule has 0 unspecified atom stereocenters. The summed E-state index contributed by atoms with van der Waals surface area (Å²) in [5.74, 6) is 0. The number of hydrogen-bond donors (Lipinski definition) is 0. The molecule has 0 spiro atoms. The lowest BCUT2D eigenvalue weighted by Crippen LogP contribution is -2.09. The minimum absolute atomic E-state index is 1.08. The van der Waals surface area contributed by atoms with Crippen LogP contribution in [0.2, 0.25) is 0 Å². The largest absolute Gasteiger partial charge is 0.311 e. The fourth-order valence-electron chi connectivity index (χ4n) is 13.8. The highest BCUT2D eigenvalue weighted by Crippen LogP contribution is 2.45. The van der Waals surface area contributed by atoms with Crippen LogP contribution in [0.3, 0.4) is 0 Å². The van der Waals surface area contributed by atoms with Crippen molar-refractivity contribution in [3.63, 3.8) is 0 Å². The first kappa shape index (κ1) is 55.6. The van der Waals surface area contributed by atoms with Crippen molar-refractivity contribution in [1.82, 2.24) is 9.13 Å². The molecule has 0 fully saturated rings. The molecule has 0 radical (unpaired) electrons. The van der Waals surface area contributed by atoms with E-state index in [1.54, 1.807) is 0 Å². The maximum atomic E-state index is 2.46. The molecule has 17 aromatic rings. The molecule has 15 aromatic carbocycles. The Morgan fingerprint density at radius 3 is 0.606 bits per heavy atom. The van der Waals surface area contributed by atoms with Crippen LogP contribution in [0, 0.1) is 0 Å².